The van der Waals surface area contributed by atoms with Crippen molar-refractivity contribution in [2.75, 3.05) is 13.2 Å². The number of rotatable bonds is 8. The average Bonchev–Trinajstić information content (AvgIpc) is 2.99. The molecule has 0 saturated heterocycles. The van der Waals surface area contributed by atoms with Crippen molar-refractivity contribution in [2.24, 2.45) is 11.8 Å². The third kappa shape index (κ3) is 4.43. The average molecular weight is 198 g/mol. The Morgan fingerprint density at radius 3 is 1.71 bits per heavy atom. The summed E-state index contributed by atoms with van der Waals surface area (Å²) < 4.78 is 11.1. The fourth-order valence-electron chi connectivity index (χ4n) is 1.66. The van der Waals surface area contributed by atoms with Crippen molar-refractivity contribution in [1.82, 2.24) is 0 Å². The molecular formula is C12H22O2. The van der Waals surface area contributed by atoms with Gasteiger partial charge < -0.3 is 9.47 Å². The molecule has 0 aromatic carbocycles. The van der Waals surface area contributed by atoms with E-state index in [0.717, 1.165) is 25.0 Å². The maximum Gasteiger partial charge on any atom is 0.154 e. The van der Waals surface area contributed by atoms with Crippen molar-refractivity contribution in [1.29, 1.82) is 0 Å². The summed E-state index contributed by atoms with van der Waals surface area (Å²) in [7, 11) is 0. The van der Waals surface area contributed by atoms with Gasteiger partial charge in [0.25, 0.3) is 0 Å². The lowest BCUT2D eigenvalue weighted by atomic mass is 10.3. The third-order valence-corrected chi connectivity index (χ3v) is 3.15. The molecule has 2 aliphatic carbocycles. The number of hydrogen-bond acceptors (Lipinski definition) is 2. The second kappa shape index (κ2) is 5.13. The molecule has 0 unspecified atom stereocenters. The van der Waals surface area contributed by atoms with Crippen molar-refractivity contribution < 1.29 is 9.47 Å². The molecule has 2 saturated carbocycles. The molecule has 2 nitrogen and oxygen atoms in total. The summed E-state index contributed by atoms with van der Waals surface area (Å²) in [5.74, 6) is 1.93. The first-order chi connectivity index (χ1) is 6.84. The van der Waals surface area contributed by atoms with Crippen LogP contribution >= 0.6 is 0 Å². The molecule has 0 atom stereocenters. The topological polar surface area (TPSA) is 18.5 Å². The molecule has 2 rings (SSSR count). The summed E-state index contributed by atoms with van der Waals surface area (Å²) in [5, 5.41) is 0. The Kier molecular flexibility index (Phi) is 3.82. The van der Waals surface area contributed by atoms with Crippen LogP contribution in [0.25, 0.3) is 0 Å². The molecule has 0 aromatic heterocycles. The van der Waals surface area contributed by atoms with Gasteiger partial charge in [0.1, 0.15) is 0 Å². The van der Waals surface area contributed by atoms with Crippen LogP contribution in [-0.2, 0) is 9.47 Å². The van der Waals surface area contributed by atoms with Gasteiger partial charge in [-0.3, -0.25) is 0 Å². The van der Waals surface area contributed by atoms with E-state index in [2.05, 4.69) is 0 Å². The first-order valence-corrected chi connectivity index (χ1v) is 6.08. The maximum absolute atomic E-state index is 5.57. The van der Waals surface area contributed by atoms with E-state index in [0.29, 0.717) is 0 Å². The molecular weight excluding hydrogens is 176 g/mol. The van der Waals surface area contributed by atoms with Crippen LogP contribution in [0.4, 0.5) is 0 Å². The highest BCUT2D eigenvalue weighted by molar-refractivity contribution is 4.73. The van der Waals surface area contributed by atoms with Crippen LogP contribution in [0.3, 0.4) is 0 Å². The zero-order valence-corrected chi connectivity index (χ0v) is 9.21. The van der Waals surface area contributed by atoms with Crippen molar-refractivity contribution in [3.05, 3.63) is 0 Å². The highest BCUT2D eigenvalue weighted by atomic mass is 16.7. The highest BCUT2D eigenvalue weighted by Crippen LogP contribution is 2.33. The lowest BCUT2D eigenvalue weighted by Gasteiger charge is -2.13. The van der Waals surface area contributed by atoms with Gasteiger partial charge in [0.15, 0.2) is 6.29 Å². The van der Waals surface area contributed by atoms with E-state index in [-0.39, 0.29) is 6.29 Å². The minimum absolute atomic E-state index is 0.00694. The monoisotopic (exact) mass is 198 g/mol. The van der Waals surface area contributed by atoms with Crippen LogP contribution < -0.4 is 0 Å². The molecule has 0 aliphatic heterocycles. The van der Waals surface area contributed by atoms with E-state index in [1.54, 1.807) is 0 Å². The zero-order valence-electron chi connectivity index (χ0n) is 9.21. The van der Waals surface area contributed by atoms with Crippen molar-refractivity contribution in [2.45, 2.75) is 51.7 Å². The quantitative estimate of drug-likeness (QED) is 0.558. The van der Waals surface area contributed by atoms with Crippen molar-refractivity contribution in [3.8, 4) is 0 Å². The van der Waals surface area contributed by atoms with Gasteiger partial charge in [0, 0.05) is 13.2 Å². The van der Waals surface area contributed by atoms with Crippen LogP contribution in [-0.4, -0.2) is 19.5 Å². The second-order valence-corrected chi connectivity index (χ2v) is 4.77. The molecule has 2 aliphatic rings. The Hall–Kier alpha value is -0.0800. The summed E-state index contributed by atoms with van der Waals surface area (Å²) in [6, 6.07) is 0. The Morgan fingerprint density at radius 2 is 1.36 bits per heavy atom. The van der Waals surface area contributed by atoms with Gasteiger partial charge in [0.2, 0.25) is 0 Å². The summed E-state index contributed by atoms with van der Waals surface area (Å²) in [6.45, 7) is 3.78. The molecule has 14 heavy (non-hydrogen) atoms. The van der Waals surface area contributed by atoms with Crippen LogP contribution in [0.15, 0.2) is 0 Å². The van der Waals surface area contributed by atoms with Crippen LogP contribution in [0.2, 0.25) is 0 Å². The van der Waals surface area contributed by atoms with Crippen molar-refractivity contribution in [3.63, 3.8) is 0 Å². The molecule has 0 heterocycles. The fourth-order valence-corrected chi connectivity index (χ4v) is 1.66. The smallest absolute Gasteiger partial charge is 0.154 e. The van der Waals surface area contributed by atoms with Gasteiger partial charge in [0.05, 0.1) is 0 Å². The standard InChI is InChI=1S/C12H22O2/c1-10(13-8-6-11-2-3-11)14-9-7-12-4-5-12/h10-12H,2-9H2,1H3. The molecule has 0 bridgehead atoms. The Labute approximate surface area is 87.0 Å². The van der Waals surface area contributed by atoms with E-state index < -0.39 is 0 Å². The molecule has 0 amide bonds. The largest absolute Gasteiger partial charge is 0.353 e. The van der Waals surface area contributed by atoms with Gasteiger partial charge >= 0.3 is 0 Å². The molecule has 0 aromatic rings. The minimum Gasteiger partial charge on any atom is -0.353 e. The summed E-state index contributed by atoms with van der Waals surface area (Å²) >= 11 is 0. The predicted octanol–water partition coefficient (Wildman–Crippen LogP) is 2.97. The van der Waals surface area contributed by atoms with Gasteiger partial charge in [-0.05, 0) is 31.6 Å². The number of hydrogen-bond donors (Lipinski definition) is 0. The summed E-state index contributed by atoms with van der Waals surface area (Å²) in [6.07, 6.45) is 8.14. The van der Waals surface area contributed by atoms with E-state index in [9.17, 15) is 0 Å². The predicted molar refractivity (Wildman–Crippen MR) is 56.0 cm³/mol. The molecule has 82 valence electrons. The number of ether oxygens (including phenoxy) is 2. The van der Waals surface area contributed by atoms with Crippen LogP contribution in [0, 0.1) is 11.8 Å². The summed E-state index contributed by atoms with van der Waals surface area (Å²) in [5.41, 5.74) is 0. The Morgan fingerprint density at radius 1 is 0.929 bits per heavy atom. The molecule has 0 radical (unpaired) electrons. The van der Waals surface area contributed by atoms with Gasteiger partial charge in [-0.25, -0.2) is 0 Å². The molecule has 0 N–H and O–H groups in total. The van der Waals surface area contributed by atoms with Crippen LogP contribution in [0.1, 0.15) is 45.4 Å². The molecule has 2 fully saturated rings. The van der Waals surface area contributed by atoms with E-state index in [4.69, 9.17) is 9.47 Å². The molecule has 2 heteroatoms. The first kappa shape index (κ1) is 10.4. The second-order valence-electron chi connectivity index (χ2n) is 4.77. The van der Waals surface area contributed by atoms with E-state index in [1.165, 1.54) is 38.5 Å². The molecule has 0 spiro atoms. The van der Waals surface area contributed by atoms with E-state index >= 15 is 0 Å². The lowest BCUT2D eigenvalue weighted by Crippen LogP contribution is -2.15. The lowest BCUT2D eigenvalue weighted by molar-refractivity contribution is -0.132. The van der Waals surface area contributed by atoms with Crippen LogP contribution in [0.5, 0.6) is 0 Å². The zero-order chi connectivity index (χ0) is 9.80. The van der Waals surface area contributed by atoms with Crippen molar-refractivity contribution >= 4 is 0 Å². The SMILES string of the molecule is CC(OCCC1CC1)OCCC1CC1. The van der Waals surface area contributed by atoms with Gasteiger partial charge in [-0.2, -0.15) is 0 Å². The highest BCUT2D eigenvalue weighted by Gasteiger charge is 2.22. The van der Waals surface area contributed by atoms with E-state index in [1.807, 2.05) is 6.92 Å². The maximum atomic E-state index is 5.57. The van der Waals surface area contributed by atoms with Gasteiger partial charge in [-0.1, -0.05) is 25.7 Å². The minimum atomic E-state index is 0.00694. The first-order valence-electron chi connectivity index (χ1n) is 6.08. The Balaban J connectivity index is 1.38. The Bertz CT molecular complexity index is 144. The summed E-state index contributed by atoms with van der Waals surface area (Å²) in [4.78, 5) is 0. The fraction of sp³-hybridized carbons (Fsp3) is 1.00. The normalized spacial score (nSPS) is 21.9. The van der Waals surface area contributed by atoms with Gasteiger partial charge in [-0.15, -0.1) is 0 Å². The third-order valence-electron chi connectivity index (χ3n) is 3.15.